The van der Waals surface area contributed by atoms with Crippen LogP contribution in [0.25, 0.3) is 0 Å². The third-order valence-corrected chi connectivity index (χ3v) is 9.04. The van der Waals surface area contributed by atoms with Crippen molar-refractivity contribution in [3.8, 4) is 11.5 Å². The number of aromatic hydroxyl groups is 2. The van der Waals surface area contributed by atoms with Gasteiger partial charge in [0.05, 0.1) is 3.23 Å². The van der Waals surface area contributed by atoms with Crippen LogP contribution >= 0.6 is 31.9 Å². The van der Waals surface area contributed by atoms with E-state index in [2.05, 4.69) is 58.4 Å². The van der Waals surface area contributed by atoms with Crippen LogP contribution < -0.4 is 0 Å². The van der Waals surface area contributed by atoms with Gasteiger partial charge in [0.2, 0.25) is 0 Å². The molecule has 0 bridgehead atoms. The minimum atomic E-state index is -0.152. The van der Waals surface area contributed by atoms with Crippen LogP contribution in [0.1, 0.15) is 89.2 Å². The molecule has 0 heterocycles. The topological polar surface area (TPSA) is 40.5 Å². The van der Waals surface area contributed by atoms with Gasteiger partial charge in [-0.25, -0.2) is 0 Å². The van der Waals surface area contributed by atoms with Crippen LogP contribution in [0, 0.1) is 5.92 Å². The van der Waals surface area contributed by atoms with Gasteiger partial charge >= 0.3 is 0 Å². The number of unbranched alkanes of at least 4 members (excludes halogenated alkanes) is 3. The number of allylic oxidation sites excluding steroid dienone is 3. The molecule has 0 amide bonds. The Morgan fingerprint density at radius 2 is 1.79 bits per heavy atom. The lowest BCUT2D eigenvalue weighted by molar-refractivity contribution is 0.404. The van der Waals surface area contributed by atoms with E-state index in [-0.39, 0.29) is 32.0 Å². The molecule has 2 nitrogen and oxygen atoms in total. The van der Waals surface area contributed by atoms with E-state index in [1.54, 1.807) is 0 Å². The van der Waals surface area contributed by atoms with E-state index < -0.39 is 0 Å². The van der Waals surface area contributed by atoms with Gasteiger partial charge in [0.15, 0.2) is 0 Å². The van der Waals surface area contributed by atoms with Crippen LogP contribution in [0.5, 0.6) is 11.5 Å². The average Bonchev–Trinajstić information content (AvgIpc) is 3.20. The van der Waals surface area contributed by atoms with Crippen molar-refractivity contribution in [3.63, 3.8) is 0 Å². The number of rotatable bonds is 8. The fourth-order valence-corrected chi connectivity index (χ4v) is 6.88. The molecule has 0 spiro atoms. The lowest BCUT2D eigenvalue weighted by atomic mass is 9.73. The normalized spacial score (nSPS) is 28.1. The van der Waals surface area contributed by atoms with Crippen LogP contribution in [-0.2, 0) is 5.41 Å². The monoisotopic (exact) mass is 524 g/mol. The zero-order valence-electron chi connectivity index (χ0n) is 17.9. The molecule has 2 aliphatic rings. The highest BCUT2D eigenvalue weighted by molar-refractivity contribution is 9.25. The quantitative estimate of drug-likeness (QED) is 0.204. The summed E-state index contributed by atoms with van der Waals surface area (Å²) in [5.41, 5.74) is 4.00. The Balaban J connectivity index is 1.95. The highest BCUT2D eigenvalue weighted by Crippen LogP contribution is 2.70. The first-order valence-electron chi connectivity index (χ1n) is 10.9. The SMILES string of the molecule is C=C(C)C1CCC(C)=CC1c1c(O)cc(C2(CCCCCC)CC2(Br)Br)cc1O. The van der Waals surface area contributed by atoms with Crippen molar-refractivity contribution in [2.45, 2.75) is 86.7 Å². The molecule has 0 saturated heterocycles. The number of phenols is 2. The first kappa shape index (κ1) is 22.9. The summed E-state index contributed by atoms with van der Waals surface area (Å²) in [5.74, 6) is 0.639. The fourth-order valence-electron chi connectivity index (χ4n) is 5.06. The molecule has 2 N–H and O–H groups in total. The van der Waals surface area contributed by atoms with Gasteiger partial charge in [-0.2, -0.15) is 0 Å². The lowest BCUT2D eigenvalue weighted by Gasteiger charge is -2.32. The van der Waals surface area contributed by atoms with E-state index in [0.29, 0.717) is 5.56 Å². The molecule has 0 radical (unpaired) electrons. The maximum atomic E-state index is 11.0. The number of hydrogen-bond acceptors (Lipinski definition) is 2. The van der Waals surface area contributed by atoms with Crippen LogP contribution in [-0.4, -0.2) is 13.4 Å². The molecule has 1 fully saturated rings. The van der Waals surface area contributed by atoms with E-state index in [4.69, 9.17) is 0 Å². The van der Waals surface area contributed by atoms with Crippen molar-refractivity contribution in [3.05, 3.63) is 47.1 Å². The van der Waals surface area contributed by atoms with Crippen molar-refractivity contribution in [1.82, 2.24) is 0 Å². The Kier molecular flexibility index (Phi) is 6.95. The van der Waals surface area contributed by atoms with E-state index in [1.165, 1.54) is 24.8 Å². The Morgan fingerprint density at radius 1 is 1.17 bits per heavy atom. The van der Waals surface area contributed by atoms with Crippen LogP contribution in [0.2, 0.25) is 0 Å². The van der Waals surface area contributed by atoms with Crippen molar-refractivity contribution in [1.29, 1.82) is 0 Å². The Hall–Kier alpha value is -0.740. The molecule has 4 heteroatoms. The van der Waals surface area contributed by atoms with Gasteiger partial charge in [-0.15, -0.1) is 0 Å². The van der Waals surface area contributed by atoms with Crippen LogP contribution in [0.4, 0.5) is 0 Å². The molecule has 3 unspecified atom stereocenters. The zero-order valence-corrected chi connectivity index (χ0v) is 21.1. The van der Waals surface area contributed by atoms with Crippen molar-refractivity contribution in [2.75, 3.05) is 0 Å². The van der Waals surface area contributed by atoms with Crippen LogP contribution in [0.3, 0.4) is 0 Å². The predicted molar refractivity (Wildman–Crippen MR) is 129 cm³/mol. The summed E-state index contributed by atoms with van der Waals surface area (Å²) in [6, 6.07) is 3.79. The molecule has 3 atom stereocenters. The summed E-state index contributed by atoms with van der Waals surface area (Å²) in [5, 5.41) is 22.1. The number of phenolic OH excluding ortho intramolecular Hbond substituents is 2. The van der Waals surface area contributed by atoms with Gasteiger partial charge in [0.25, 0.3) is 0 Å². The second kappa shape index (κ2) is 8.78. The number of hydrogen-bond donors (Lipinski definition) is 2. The molecule has 0 aromatic heterocycles. The van der Waals surface area contributed by atoms with Gasteiger partial charge in [0.1, 0.15) is 11.5 Å². The van der Waals surface area contributed by atoms with Crippen molar-refractivity contribution >= 4 is 31.9 Å². The fraction of sp³-hybridized carbons (Fsp3) is 0.600. The van der Waals surface area contributed by atoms with Gasteiger partial charge in [-0.3, -0.25) is 0 Å². The lowest BCUT2D eigenvalue weighted by Crippen LogP contribution is -2.18. The highest BCUT2D eigenvalue weighted by Gasteiger charge is 2.65. The van der Waals surface area contributed by atoms with Gasteiger partial charge in [-0.1, -0.05) is 88.3 Å². The number of halogens is 2. The first-order valence-corrected chi connectivity index (χ1v) is 12.5. The summed E-state index contributed by atoms with van der Waals surface area (Å²) in [6.07, 6.45) is 11.1. The molecular weight excluding hydrogens is 492 g/mol. The molecular formula is C25H34Br2O2. The second-order valence-electron chi connectivity index (χ2n) is 9.23. The Labute approximate surface area is 192 Å². The van der Waals surface area contributed by atoms with Crippen LogP contribution in [0.15, 0.2) is 35.9 Å². The summed E-state index contributed by atoms with van der Waals surface area (Å²) >= 11 is 7.66. The van der Waals surface area contributed by atoms with E-state index in [9.17, 15) is 10.2 Å². The van der Waals surface area contributed by atoms with Gasteiger partial charge in [-0.05, 0) is 63.1 Å². The molecule has 1 saturated carbocycles. The van der Waals surface area contributed by atoms with Crippen molar-refractivity contribution in [2.24, 2.45) is 5.92 Å². The number of alkyl halides is 2. The van der Waals surface area contributed by atoms with Crippen molar-refractivity contribution < 1.29 is 10.2 Å². The van der Waals surface area contributed by atoms with Gasteiger partial charge < -0.3 is 10.2 Å². The van der Waals surface area contributed by atoms with Gasteiger partial charge in [0, 0.05) is 16.9 Å². The predicted octanol–water partition coefficient (Wildman–Crippen LogP) is 8.21. The van der Waals surface area contributed by atoms with E-state index in [1.807, 2.05) is 19.1 Å². The largest absolute Gasteiger partial charge is 0.507 e. The molecule has 3 rings (SSSR count). The second-order valence-corrected chi connectivity index (χ2v) is 13.0. The standard InChI is InChI=1S/C25H34Br2O2/c1-5-6-7-8-11-24(15-25(24,26)27)18-13-21(28)23(22(29)14-18)20-12-17(4)9-10-19(20)16(2)3/h12-14,19-20,28-29H,2,5-11,15H2,1,3-4H3. The third kappa shape index (κ3) is 4.49. The Morgan fingerprint density at radius 3 is 2.31 bits per heavy atom. The minimum Gasteiger partial charge on any atom is -0.507 e. The molecule has 1 aromatic rings. The molecule has 2 aliphatic carbocycles. The molecule has 1 aromatic carbocycles. The number of benzene rings is 1. The highest BCUT2D eigenvalue weighted by atomic mass is 79.9. The first-order chi connectivity index (χ1) is 13.6. The smallest absolute Gasteiger partial charge is 0.123 e. The zero-order chi connectivity index (χ0) is 21.4. The molecule has 0 aliphatic heterocycles. The summed E-state index contributed by atoms with van der Waals surface area (Å²) in [7, 11) is 0. The molecule has 160 valence electrons. The average molecular weight is 526 g/mol. The van der Waals surface area contributed by atoms with E-state index in [0.717, 1.165) is 43.2 Å². The maximum absolute atomic E-state index is 11.0. The maximum Gasteiger partial charge on any atom is 0.123 e. The van der Waals surface area contributed by atoms with E-state index >= 15 is 0 Å². The summed E-state index contributed by atoms with van der Waals surface area (Å²) < 4.78 is -0.152. The third-order valence-electron chi connectivity index (χ3n) is 6.96. The Bertz CT molecular complexity index is 788. The summed E-state index contributed by atoms with van der Waals surface area (Å²) in [6.45, 7) is 10.6. The molecule has 29 heavy (non-hydrogen) atoms. The summed E-state index contributed by atoms with van der Waals surface area (Å²) in [4.78, 5) is 0. The minimum absolute atomic E-state index is 0.0206.